The normalized spacial score (nSPS) is 14.2. The monoisotopic (exact) mass is 446 g/mol. The molecule has 2 amide bonds. The van der Waals surface area contributed by atoms with E-state index in [0.29, 0.717) is 26.1 Å². The van der Waals surface area contributed by atoms with Crippen LogP contribution in [0.4, 0.5) is 11.5 Å². The SMILES string of the molecule is CCC(=O)Nc1c(C)nn(-c2ccccc2)c1N1CCC(C(=O)NCc2cccnc2)CC1. The van der Waals surface area contributed by atoms with Crippen molar-refractivity contribution in [3.8, 4) is 5.69 Å². The summed E-state index contributed by atoms with van der Waals surface area (Å²) in [5, 5.41) is 10.8. The fourth-order valence-electron chi connectivity index (χ4n) is 4.12. The van der Waals surface area contributed by atoms with E-state index in [2.05, 4.69) is 20.5 Å². The molecule has 4 rings (SSSR count). The van der Waals surface area contributed by atoms with Crippen molar-refractivity contribution < 1.29 is 9.59 Å². The van der Waals surface area contributed by atoms with Crippen LogP contribution in [0.15, 0.2) is 54.9 Å². The van der Waals surface area contributed by atoms with Crippen molar-refractivity contribution in [2.45, 2.75) is 39.7 Å². The molecule has 0 saturated carbocycles. The van der Waals surface area contributed by atoms with Crippen molar-refractivity contribution in [2.75, 3.05) is 23.3 Å². The van der Waals surface area contributed by atoms with E-state index in [9.17, 15) is 9.59 Å². The molecule has 0 bridgehead atoms. The van der Waals surface area contributed by atoms with Crippen LogP contribution in [-0.2, 0) is 16.1 Å². The zero-order chi connectivity index (χ0) is 23.2. The summed E-state index contributed by atoms with van der Waals surface area (Å²) in [6.45, 7) is 5.64. The molecule has 1 aromatic carbocycles. The van der Waals surface area contributed by atoms with Crippen LogP contribution in [-0.4, -0.2) is 39.7 Å². The smallest absolute Gasteiger partial charge is 0.224 e. The largest absolute Gasteiger partial charge is 0.355 e. The summed E-state index contributed by atoms with van der Waals surface area (Å²) in [6.07, 6.45) is 5.36. The number of nitrogens with one attached hydrogen (secondary N) is 2. The van der Waals surface area contributed by atoms with E-state index in [4.69, 9.17) is 5.10 Å². The standard InChI is InChI=1S/C25H30N6O2/c1-3-22(32)28-23-18(2)29-31(21-9-5-4-6-10-21)25(23)30-14-11-20(12-15-30)24(33)27-17-19-8-7-13-26-16-19/h4-10,13,16,20H,3,11-12,14-15,17H2,1-2H3,(H,27,33)(H,28,32). The van der Waals surface area contributed by atoms with E-state index in [1.165, 1.54) is 0 Å². The number of amides is 2. The zero-order valence-corrected chi connectivity index (χ0v) is 19.1. The molecule has 1 saturated heterocycles. The van der Waals surface area contributed by atoms with Gasteiger partial charge in [-0.25, -0.2) is 4.68 Å². The molecule has 33 heavy (non-hydrogen) atoms. The van der Waals surface area contributed by atoms with Gasteiger partial charge >= 0.3 is 0 Å². The van der Waals surface area contributed by atoms with Crippen LogP contribution < -0.4 is 15.5 Å². The van der Waals surface area contributed by atoms with Crippen molar-refractivity contribution in [3.63, 3.8) is 0 Å². The molecule has 0 aliphatic carbocycles. The second kappa shape index (κ2) is 10.3. The van der Waals surface area contributed by atoms with Crippen molar-refractivity contribution in [1.82, 2.24) is 20.1 Å². The minimum Gasteiger partial charge on any atom is -0.355 e. The molecule has 0 atom stereocenters. The molecule has 8 nitrogen and oxygen atoms in total. The van der Waals surface area contributed by atoms with Gasteiger partial charge in [0.2, 0.25) is 11.8 Å². The Kier molecular flexibility index (Phi) is 7.02. The number of carbonyl (C=O) groups is 2. The Balaban J connectivity index is 1.49. The van der Waals surface area contributed by atoms with Gasteiger partial charge in [-0.2, -0.15) is 5.10 Å². The number of anilines is 2. The minimum absolute atomic E-state index is 0.0409. The maximum atomic E-state index is 12.7. The fraction of sp³-hybridized carbons (Fsp3) is 0.360. The molecule has 0 radical (unpaired) electrons. The lowest BCUT2D eigenvalue weighted by Gasteiger charge is -2.33. The molecule has 0 spiro atoms. The Morgan fingerprint density at radius 1 is 1.09 bits per heavy atom. The van der Waals surface area contributed by atoms with Crippen molar-refractivity contribution in [2.24, 2.45) is 5.92 Å². The van der Waals surface area contributed by atoms with Crippen LogP contribution in [0.5, 0.6) is 0 Å². The topological polar surface area (TPSA) is 92.2 Å². The van der Waals surface area contributed by atoms with Gasteiger partial charge in [0.1, 0.15) is 5.69 Å². The molecule has 1 fully saturated rings. The molecule has 8 heteroatoms. The number of pyridine rings is 1. The molecule has 0 unspecified atom stereocenters. The highest BCUT2D eigenvalue weighted by Crippen LogP contribution is 2.35. The first-order valence-electron chi connectivity index (χ1n) is 11.4. The van der Waals surface area contributed by atoms with Crippen LogP contribution in [0, 0.1) is 12.8 Å². The number of nitrogens with zero attached hydrogens (tertiary/aromatic N) is 4. The molecule has 172 valence electrons. The number of para-hydroxylation sites is 1. The third-order valence-electron chi connectivity index (χ3n) is 5.98. The van der Waals surface area contributed by atoms with Gasteiger partial charge in [-0.15, -0.1) is 0 Å². The third kappa shape index (κ3) is 5.22. The number of hydrogen-bond acceptors (Lipinski definition) is 5. The number of piperidine rings is 1. The van der Waals surface area contributed by atoms with Crippen LogP contribution >= 0.6 is 0 Å². The lowest BCUT2D eigenvalue weighted by molar-refractivity contribution is -0.125. The summed E-state index contributed by atoms with van der Waals surface area (Å²) in [4.78, 5) is 31.3. The number of rotatable bonds is 7. The predicted octanol–water partition coefficient (Wildman–Crippen LogP) is 3.46. The van der Waals surface area contributed by atoms with Gasteiger partial charge in [0.15, 0.2) is 5.82 Å². The highest BCUT2D eigenvalue weighted by molar-refractivity contribution is 5.94. The average Bonchev–Trinajstić information content (AvgIpc) is 3.19. The maximum Gasteiger partial charge on any atom is 0.224 e. The molecule has 1 aliphatic rings. The van der Waals surface area contributed by atoms with Gasteiger partial charge in [0.05, 0.1) is 11.4 Å². The van der Waals surface area contributed by atoms with E-state index in [1.807, 2.05) is 61.0 Å². The lowest BCUT2D eigenvalue weighted by atomic mass is 9.95. The summed E-state index contributed by atoms with van der Waals surface area (Å²) in [6, 6.07) is 13.7. The molecule has 1 aliphatic heterocycles. The average molecular weight is 447 g/mol. The van der Waals surface area contributed by atoms with Gasteiger partial charge < -0.3 is 15.5 Å². The van der Waals surface area contributed by atoms with Crippen LogP contribution in [0.25, 0.3) is 5.69 Å². The van der Waals surface area contributed by atoms with E-state index in [0.717, 1.165) is 41.3 Å². The van der Waals surface area contributed by atoms with Crippen molar-refractivity contribution >= 4 is 23.3 Å². The number of carbonyl (C=O) groups excluding carboxylic acids is 2. The predicted molar refractivity (Wildman–Crippen MR) is 128 cm³/mol. The van der Waals surface area contributed by atoms with Gasteiger partial charge in [0, 0.05) is 44.4 Å². The Hall–Kier alpha value is -3.68. The summed E-state index contributed by atoms with van der Waals surface area (Å²) >= 11 is 0. The van der Waals surface area contributed by atoms with Gasteiger partial charge in [-0.1, -0.05) is 31.2 Å². The van der Waals surface area contributed by atoms with E-state index >= 15 is 0 Å². The fourth-order valence-corrected chi connectivity index (χ4v) is 4.12. The first-order valence-corrected chi connectivity index (χ1v) is 11.4. The lowest BCUT2D eigenvalue weighted by Crippen LogP contribution is -2.41. The summed E-state index contributed by atoms with van der Waals surface area (Å²) in [5.74, 6) is 0.859. The van der Waals surface area contributed by atoms with Crippen molar-refractivity contribution in [3.05, 3.63) is 66.1 Å². The molecule has 2 N–H and O–H groups in total. The first kappa shape index (κ1) is 22.5. The van der Waals surface area contributed by atoms with Crippen LogP contribution in [0.2, 0.25) is 0 Å². The Labute approximate surface area is 194 Å². The molecule has 3 aromatic rings. The van der Waals surface area contributed by atoms with Crippen LogP contribution in [0.1, 0.15) is 37.4 Å². The molecular weight excluding hydrogens is 416 g/mol. The number of hydrogen-bond donors (Lipinski definition) is 2. The minimum atomic E-state index is -0.0448. The first-order chi connectivity index (χ1) is 16.1. The van der Waals surface area contributed by atoms with E-state index in [1.54, 1.807) is 12.4 Å². The molecule has 3 heterocycles. The second-order valence-corrected chi connectivity index (χ2v) is 8.27. The highest BCUT2D eigenvalue weighted by Gasteiger charge is 2.30. The Bertz CT molecular complexity index is 1090. The molecule has 2 aromatic heterocycles. The van der Waals surface area contributed by atoms with Crippen LogP contribution in [0.3, 0.4) is 0 Å². The van der Waals surface area contributed by atoms with E-state index < -0.39 is 0 Å². The maximum absolute atomic E-state index is 12.7. The number of aryl methyl sites for hydroxylation is 1. The Morgan fingerprint density at radius 2 is 1.85 bits per heavy atom. The number of aromatic nitrogens is 3. The second-order valence-electron chi connectivity index (χ2n) is 8.27. The summed E-state index contributed by atoms with van der Waals surface area (Å²) in [7, 11) is 0. The Morgan fingerprint density at radius 3 is 2.52 bits per heavy atom. The number of benzene rings is 1. The quantitative estimate of drug-likeness (QED) is 0.580. The van der Waals surface area contributed by atoms with E-state index in [-0.39, 0.29) is 17.7 Å². The summed E-state index contributed by atoms with van der Waals surface area (Å²) < 4.78 is 1.89. The van der Waals surface area contributed by atoms with Gasteiger partial charge in [-0.05, 0) is 43.5 Å². The zero-order valence-electron chi connectivity index (χ0n) is 19.1. The summed E-state index contributed by atoms with van der Waals surface area (Å²) in [5.41, 5.74) is 3.43. The molecular formula is C25H30N6O2. The van der Waals surface area contributed by atoms with Gasteiger partial charge in [-0.3, -0.25) is 14.6 Å². The van der Waals surface area contributed by atoms with Crippen molar-refractivity contribution in [1.29, 1.82) is 0 Å². The third-order valence-corrected chi connectivity index (χ3v) is 5.98. The van der Waals surface area contributed by atoms with Gasteiger partial charge in [0.25, 0.3) is 0 Å². The highest BCUT2D eigenvalue weighted by atomic mass is 16.2.